The van der Waals surface area contributed by atoms with Gasteiger partial charge in [-0.2, -0.15) is 26.3 Å². The Bertz CT molecular complexity index is 1740. The molecule has 2 aromatic rings. The number of halogens is 7. The summed E-state index contributed by atoms with van der Waals surface area (Å²) >= 11 is 0. The molecule has 3 atom stereocenters. The maximum atomic E-state index is 15.4. The summed E-state index contributed by atoms with van der Waals surface area (Å²) in [6.45, 7) is 1.46. The van der Waals surface area contributed by atoms with Crippen LogP contribution in [0.5, 0.6) is 0 Å². The number of aliphatic carboxylic acids is 1. The highest BCUT2D eigenvalue weighted by Gasteiger charge is 2.74. The Labute approximate surface area is 281 Å². The Morgan fingerprint density at radius 2 is 1.43 bits per heavy atom. The number of rotatable bonds is 7. The first-order valence-corrected chi connectivity index (χ1v) is 18.1. The lowest BCUT2D eigenvalue weighted by molar-refractivity contribution is -0.348. The van der Waals surface area contributed by atoms with Crippen LogP contribution in [0.2, 0.25) is 0 Å². The molecular formula is C33H36F7N2O5PS. The topological polar surface area (TPSA) is 95.0 Å². The molecule has 268 valence electrons. The van der Waals surface area contributed by atoms with Crippen molar-refractivity contribution in [3.05, 3.63) is 53.6 Å². The number of carbonyl (C=O) groups excluding carboxylic acids is 1. The number of fused-ring (bicyclic) bond motifs is 6. The first kappa shape index (κ1) is 35.9. The third kappa shape index (κ3) is 5.02. The first-order valence-electron chi connectivity index (χ1n) is 16.1. The van der Waals surface area contributed by atoms with Gasteiger partial charge in [-0.1, -0.05) is 31.2 Å². The highest BCUT2D eigenvalue weighted by molar-refractivity contribution is 7.92. The average Bonchev–Trinajstić information content (AvgIpc) is 3.45. The van der Waals surface area contributed by atoms with Crippen LogP contribution in [0.4, 0.5) is 36.4 Å². The molecule has 3 unspecified atom stereocenters. The van der Waals surface area contributed by atoms with E-state index in [9.17, 15) is 49.5 Å². The third-order valence-electron chi connectivity index (χ3n) is 11.6. The summed E-state index contributed by atoms with van der Waals surface area (Å²) in [6.07, 6.45) is -10.9. The molecule has 1 amide bonds. The number of hydrogen-bond acceptors (Lipinski definition) is 5. The van der Waals surface area contributed by atoms with Crippen molar-refractivity contribution in [2.24, 2.45) is 10.8 Å². The number of carbonyl (C=O) groups is 2. The summed E-state index contributed by atoms with van der Waals surface area (Å²) in [6, 6.07) is 6.32. The summed E-state index contributed by atoms with van der Waals surface area (Å²) in [4.78, 5) is 29.4. The molecule has 0 aromatic heterocycles. The highest BCUT2D eigenvalue weighted by atomic mass is 32.2. The van der Waals surface area contributed by atoms with Gasteiger partial charge >= 0.3 is 24.0 Å². The molecule has 2 heterocycles. The van der Waals surface area contributed by atoms with Gasteiger partial charge in [-0.05, 0) is 80.4 Å². The lowest BCUT2D eigenvalue weighted by Crippen LogP contribution is -2.61. The zero-order valence-electron chi connectivity index (χ0n) is 26.5. The minimum Gasteiger partial charge on any atom is -0.481 e. The van der Waals surface area contributed by atoms with E-state index in [1.807, 2.05) is 0 Å². The molecule has 2 aliphatic heterocycles. The fourth-order valence-corrected chi connectivity index (χ4v) is 11.2. The molecule has 0 spiro atoms. The van der Waals surface area contributed by atoms with Gasteiger partial charge in [0.2, 0.25) is 5.91 Å². The molecule has 1 saturated heterocycles. The molecule has 16 heteroatoms. The Morgan fingerprint density at radius 1 is 0.878 bits per heavy atom. The van der Waals surface area contributed by atoms with E-state index in [1.165, 1.54) is 34.1 Å². The van der Waals surface area contributed by atoms with Crippen molar-refractivity contribution in [3.63, 3.8) is 0 Å². The van der Waals surface area contributed by atoms with Crippen molar-refractivity contribution in [2.75, 3.05) is 24.5 Å². The fourth-order valence-electron chi connectivity index (χ4n) is 8.75. The molecule has 7 nitrogen and oxygen atoms in total. The Kier molecular flexibility index (Phi) is 8.45. The minimum absolute atomic E-state index is 0.0659. The van der Waals surface area contributed by atoms with Gasteiger partial charge in [-0.15, -0.1) is 9.24 Å². The zero-order chi connectivity index (χ0) is 36.0. The van der Waals surface area contributed by atoms with Gasteiger partial charge in [-0.25, -0.2) is 12.8 Å². The number of nitrogens with zero attached hydrogens (tertiary/aromatic N) is 2. The largest absolute Gasteiger partial charge is 0.481 e. The number of amides is 1. The van der Waals surface area contributed by atoms with Crippen LogP contribution in [0, 0.1) is 10.8 Å². The van der Waals surface area contributed by atoms with Crippen molar-refractivity contribution in [1.82, 2.24) is 4.90 Å². The minimum atomic E-state index is -6.37. The predicted molar refractivity (Wildman–Crippen MR) is 169 cm³/mol. The van der Waals surface area contributed by atoms with Crippen molar-refractivity contribution in [1.29, 1.82) is 0 Å². The van der Waals surface area contributed by atoms with Crippen LogP contribution in [0.25, 0.3) is 0 Å². The lowest BCUT2D eigenvalue weighted by Gasteiger charge is -2.53. The van der Waals surface area contributed by atoms with Crippen LogP contribution < -0.4 is 10.2 Å². The first-order chi connectivity index (χ1) is 22.7. The molecule has 7 rings (SSSR count). The normalized spacial score (nSPS) is 28.7. The standard InChI is InChI=1S/C33H36F7N2O5PS/c1-2-16-41-19-25-30(49(46,47)22-6-4-21(48)5-7-22,23-8-3-20(18-24(23)41)31(34,32(35,36)37)33(38,39)40)15-17-42(25)26(43)28-9-12-29(13-10-28,14-11-28)27(44)45/h3-8,18,25H,2,9-17,19,48H2,1H3,(H,44,45). The van der Waals surface area contributed by atoms with E-state index in [0.29, 0.717) is 43.1 Å². The number of alkyl halides is 7. The fraction of sp³-hybridized carbons (Fsp3) is 0.576. The van der Waals surface area contributed by atoms with Gasteiger partial charge in [0.1, 0.15) is 4.75 Å². The number of likely N-dealkylation sites (tertiary alicyclic amines) is 1. The summed E-state index contributed by atoms with van der Waals surface area (Å²) in [5.74, 6) is -1.25. The van der Waals surface area contributed by atoms with Crippen molar-refractivity contribution >= 4 is 41.9 Å². The number of benzene rings is 2. The molecule has 5 aliphatic rings. The summed E-state index contributed by atoms with van der Waals surface area (Å²) in [5, 5.41) is 10.5. The van der Waals surface area contributed by atoms with Crippen LogP contribution >= 0.6 is 9.24 Å². The van der Waals surface area contributed by atoms with Gasteiger partial charge in [0, 0.05) is 36.3 Å². The number of hydrogen-bond donors (Lipinski definition) is 1. The molecule has 3 aliphatic carbocycles. The second kappa shape index (κ2) is 11.5. The van der Waals surface area contributed by atoms with E-state index >= 15 is 4.39 Å². The van der Waals surface area contributed by atoms with E-state index < -0.39 is 61.0 Å². The monoisotopic (exact) mass is 736 g/mol. The van der Waals surface area contributed by atoms with Gasteiger partial charge in [-0.3, -0.25) is 9.59 Å². The number of carboxylic acids is 1. The molecule has 1 N–H and O–H groups in total. The van der Waals surface area contributed by atoms with Gasteiger partial charge in [0.05, 0.1) is 16.4 Å². The second-order valence-corrected chi connectivity index (χ2v) is 16.8. The highest BCUT2D eigenvalue weighted by Crippen LogP contribution is 2.61. The van der Waals surface area contributed by atoms with Crippen molar-refractivity contribution in [3.8, 4) is 0 Å². The quantitative estimate of drug-likeness (QED) is 0.261. The Balaban J connectivity index is 1.53. The van der Waals surface area contributed by atoms with E-state index in [0.717, 1.165) is 6.07 Å². The molecular weight excluding hydrogens is 700 g/mol. The van der Waals surface area contributed by atoms with Crippen LogP contribution in [0.15, 0.2) is 47.4 Å². The maximum Gasteiger partial charge on any atom is 0.435 e. The van der Waals surface area contributed by atoms with E-state index in [4.69, 9.17) is 0 Å². The smallest absolute Gasteiger partial charge is 0.435 e. The summed E-state index contributed by atoms with van der Waals surface area (Å²) in [7, 11) is -2.10. The molecule has 49 heavy (non-hydrogen) atoms. The van der Waals surface area contributed by atoms with Crippen LogP contribution in [0.3, 0.4) is 0 Å². The summed E-state index contributed by atoms with van der Waals surface area (Å²) in [5.41, 5.74) is -9.66. The zero-order valence-corrected chi connectivity index (χ0v) is 28.5. The van der Waals surface area contributed by atoms with E-state index in [2.05, 4.69) is 9.24 Å². The van der Waals surface area contributed by atoms with Crippen LogP contribution in [-0.4, -0.2) is 68.3 Å². The number of anilines is 1. The number of sulfone groups is 1. The van der Waals surface area contributed by atoms with E-state index in [-0.39, 0.29) is 67.4 Å². The second-order valence-electron chi connectivity index (χ2n) is 13.9. The van der Waals surface area contributed by atoms with Crippen molar-refractivity contribution in [2.45, 2.75) is 92.0 Å². The summed E-state index contributed by atoms with van der Waals surface area (Å²) < 4.78 is 126. The molecule has 4 fully saturated rings. The van der Waals surface area contributed by atoms with E-state index in [1.54, 1.807) is 6.92 Å². The van der Waals surface area contributed by atoms with Gasteiger partial charge < -0.3 is 14.9 Å². The maximum absolute atomic E-state index is 15.4. The van der Waals surface area contributed by atoms with Crippen LogP contribution in [0.1, 0.15) is 69.4 Å². The average molecular weight is 737 g/mol. The van der Waals surface area contributed by atoms with Gasteiger partial charge in [0.15, 0.2) is 9.84 Å². The van der Waals surface area contributed by atoms with Gasteiger partial charge in [0.25, 0.3) is 0 Å². The molecule has 3 saturated carbocycles. The number of carboxylic acid groups (broad SMARTS) is 1. The predicted octanol–water partition coefficient (Wildman–Crippen LogP) is 6.40. The van der Waals surface area contributed by atoms with Crippen molar-refractivity contribution < 1.29 is 53.8 Å². The molecule has 2 bridgehead atoms. The lowest BCUT2D eigenvalue weighted by atomic mass is 9.53. The SMILES string of the molecule is CCCN1CC2N(C(=O)C34CCC(C(=O)O)(CC3)CC4)CCC2(S(=O)(=O)c2ccc(P)cc2)c2ccc(C(F)(C(F)(F)F)C(F)(F)F)cc21. The third-order valence-corrected chi connectivity index (χ3v) is 14.5. The molecule has 2 aromatic carbocycles. The Morgan fingerprint density at radius 3 is 1.94 bits per heavy atom. The van der Waals surface area contributed by atoms with Crippen LogP contribution in [-0.2, 0) is 29.8 Å². The molecule has 0 radical (unpaired) electrons. The Hall–Kier alpha value is -2.93.